The largest absolute Gasteiger partial charge is 0.481 e. The summed E-state index contributed by atoms with van der Waals surface area (Å²) in [5.74, 6) is -1.29. The molecule has 9 nitrogen and oxygen atoms in total. The van der Waals surface area contributed by atoms with E-state index >= 15 is 0 Å². The Kier molecular flexibility index (Phi) is 4.75. The molecule has 150 valence electrons. The minimum atomic E-state index is -1.09. The average Bonchev–Trinajstić information content (AvgIpc) is 3.32. The molecule has 0 aliphatic carbocycles. The first-order valence-electron chi connectivity index (χ1n) is 9.25. The van der Waals surface area contributed by atoms with Crippen LogP contribution in [0.4, 0.5) is 0 Å². The second kappa shape index (κ2) is 7.25. The van der Waals surface area contributed by atoms with Crippen molar-refractivity contribution in [3.8, 4) is 5.69 Å². The number of ether oxygens (including phenoxy) is 1. The monoisotopic (exact) mass is 395 g/mol. The molecule has 1 atom stereocenters. The quantitative estimate of drug-likeness (QED) is 0.700. The number of carboxylic acid groups (broad SMARTS) is 1. The molecule has 1 aliphatic rings. The van der Waals surface area contributed by atoms with Crippen molar-refractivity contribution in [2.75, 3.05) is 26.8 Å². The summed E-state index contributed by atoms with van der Waals surface area (Å²) >= 11 is 0. The van der Waals surface area contributed by atoms with Crippen LogP contribution in [0.15, 0.2) is 36.5 Å². The Morgan fingerprint density at radius 3 is 2.86 bits per heavy atom. The van der Waals surface area contributed by atoms with E-state index in [4.69, 9.17) is 4.74 Å². The normalized spacial score (nSPS) is 19.0. The van der Waals surface area contributed by atoms with E-state index in [2.05, 4.69) is 15.3 Å². The van der Waals surface area contributed by atoms with E-state index in [0.717, 1.165) is 16.6 Å². The molecule has 1 aliphatic heterocycles. The number of carbonyl (C=O) groups excluding carboxylic acids is 1. The van der Waals surface area contributed by atoms with E-state index < -0.39 is 11.4 Å². The molecule has 1 fully saturated rings. The molecule has 0 radical (unpaired) electrons. The highest BCUT2D eigenvalue weighted by Crippen LogP contribution is 2.32. The van der Waals surface area contributed by atoms with E-state index in [9.17, 15) is 14.7 Å². The Bertz CT molecular complexity index is 1090. The third kappa shape index (κ3) is 3.13. The van der Waals surface area contributed by atoms with Crippen LogP contribution in [-0.4, -0.2) is 68.7 Å². The van der Waals surface area contributed by atoms with Gasteiger partial charge < -0.3 is 14.7 Å². The van der Waals surface area contributed by atoms with Crippen LogP contribution in [0.25, 0.3) is 16.6 Å². The topological polar surface area (TPSA) is 110 Å². The maximum absolute atomic E-state index is 13.1. The summed E-state index contributed by atoms with van der Waals surface area (Å²) in [6.07, 6.45) is 2.06. The minimum Gasteiger partial charge on any atom is -0.481 e. The smallest absolute Gasteiger partial charge is 0.313 e. The lowest BCUT2D eigenvalue weighted by Crippen LogP contribution is -2.40. The van der Waals surface area contributed by atoms with Crippen molar-refractivity contribution in [1.29, 1.82) is 0 Å². The summed E-state index contributed by atoms with van der Waals surface area (Å²) in [5, 5.41) is 18.8. The summed E-state index contributed by atoms with van der Waals surface area (Å²) in [5.41, 5.74) is 1.31. The Morgan fingerprint density at radius 1 is 1.28 bits per heavy atom. The van der Waals surface area contributed by atoms with Gasteiger partial charge in [0.15, 0.2) is 5.69 Å². The molecular formula is C20H21N5O4. The van der Waals surface area contributed by atoms with Gasteiger partial charge in [-0.05, 0) is 37.6 Å². The highest BCUT2D eigenvalue weighted by atomic mass is 16.5. The van der Waals surface area contributed by atoms with Gasteiger partial charge in [0.25, 0.3) is 5.91 Å². The van der Waals surface area contributed by atoms with Crippen molar-refractivity contribution in [2.24, 2.45) is 5.41 Å². The molecule has 2 aromatic heterocycles. The van der Waals surface area contributed by atoms with Crippen LogP contribution in [-0.2, 0) is 9.53 Å². The van der Waals surface area contributed by atoms with E-state index in [1.54, 1.807) is 17.8 Å². The average molecular weight is 395 g/mol. The number of aliphatic carboxylic acids is 1. The minimum absolute atomic E-state index is 0.0563. The van der Waals surface area contributed by atoms with Gasteiger partial charge in [0.1, 0.15) is 5.41 Å². The maximum Gasteiger partial charge on any atom is 0.313 e. The van der Waals surface area contributed by atoms with Gasteiger partial charge >= 0.3 is 5.97 Å². The van der Waals surface area contributed by atoms with E-state index in [1.807, 2.05) is 30.3 Å². The first kappa shape index (κ1) is 19.0. The van der Waals surface area contributed by atoms with Crippen molar-refractivity contribution >= 4 is 22.8 Å². The van der Waals surface area contributed by atoms with E-state index in [1.165, 1.54) is 12.0 Å². The number of aromatic nitrogens is 4. The molecule has 1 saturated heterocycles. The number of fused-ring (bicyclic) bond motifs is 1. The summed E-state index contributed by atoms with van der Waals surface area (Å²) in [4.78, 5) is 30.7. The maximum atomic E-state index is 13.1. The molecule has 0 spiro atoms. The number of hydrogen-bond acceptors (Lipinski definition) is 6. The Labute approximate surface area is 166 Å². The lowest BCUT2D eigenvalue weighted by Gasteiger charge is -2.23. The lowest BCUT2D eigenvalue weighted by molar-refractivity contribution is -0.151. The van der Waals surface area contributed by atoms with Crippen LogP contribution in [0.2, 0.25) is 0 Å². The van der Waals surface area contributed by atoms with Crippen molar-refractivity contribution < 1.29 is 19.4 Å². The van der Waals surface area contributed by atoms with Crippen molar-refractivity contribution in [2.45, 2.75) is 13.3 Å². The first-order chi connectivity index (χ1) is 14.0. The summed E-state index contributed by atoms with van der Waals surface area (Å²) in [6, 6.07) is 9.45. The summed E-state index contributed by atoms with van der Waals surface area (Å²) in [7, 11) is 1.46. The second-order valence-corrected chi connectivity index (χ2v) is 7.28. The van der Waals surface area contributed by atoms with Crippen LogP contribution in [0, 0.1) is 12.3 Å². The number of benzene rings is 1. The molecule has 1 aromatic carbocycles. The van der Waals surface area contributed by atoms with Crippen molar-refractivity contribution in [3.05, 3.63) is 47.9 Å². The zero-order chi connectivity index (χ0) is 20.6. The molecule has 1 amide bonds. The highest BCUT2D eigenvalue weighted by Gasteiger charge is 2.47. The van der Waals surface area contributed by atoms with Crippen molar-refractivity contribution in [1.82, 2.24) is 24.9 Å². The molecule has 4 rings (SSSR count). The number of methoxy groups -OCH3 is 1. The third-order valence-electron chi connectivity index (χ3n) is 5.46. The Hall–Kier alpha value is -3.33. The number of hydrogen-bond donors (Lipinski definition) is 1. The molecule has 3 aromatic rings. The Balaban J connectivity index is 1.66. The number of carboxylic acids is 1. The Morgan fingerprint density at radius 2 is 2.10 bits per heavy atom. The first-order valence-corrected chi connectivity index (χ1v) is 9.25. The van der Waals surface area contributed by atoms with Gasteiger partial charge in [-0.15, -0.1) is 5.10 Å². The van der Waals surface area contributed by atoms with Crippen LogP contribution in [0.1, 0.15) is 22.6 Å². The number of nitrogens with zero attached hydrogens (tertiary/aromatic N) is 5. The fourth-order valence-corrected chi connectivity index (χ4v) is 3.85. The predicted octanol–water partition coefficient (Wildman–Crippen LogP) is 1.69. The summed E-state index contributed by atoms with van der Waals surface area (Å²) in [6.45, 7) is 2.25. The predicted molar refractivity (Wildman–Crippen MR) is 104 cm³/mol. The van der Waals surface area contributed by atoms with Gasteiger partial charge in [0.05, 0.1) is 23.5 Å². The number of rotatable bonds is 5. The SMILES string of the molecule is COCC1(C(=O)O)CCN(C(=O)c2nnn(-c3cccc4ncccc34)c2C)C1. The molecule has 1 N–H and O–H groups in total. The number of carbonyl (C=O) groups is 2. The molecule has 29 heavy (non-hydrogen) atoms. The zero-order valence-corrected chi connectivity index (χ0v) is 16.2. The van der Waals surface area contributed by atoms with Gasteiger partial charge in [-0.2, -0.15) is 0 Å². The third-order valence-corrected chi connectivity index (χ3v) is 5.46. The van der Waals surface area contributed by atoms with Gasteiger partial charge in [0, 0.05) is 31.8 Å². The zero-order valence-electron chi connectivity index (χ0n) is 16.2. The molecule has 1 unspecified atom stereocenters. The van der Waals surface area contributed by atoms with Crippen LogP contribution >= 0.6 is 0 Å². The van der Waals surface area contributed by atoms with Crippen LogP contribution in [0.3, 0.4) is 0 Å². The van der Waals surface area contributed by atoms with Gasteiger partial charge in [-0.3, -0.25) is 14.6 Å². The molecule has 0 saturated carbocycles. The van der Waals surface area contributed by atoms with Gasteiger partial charge in [0.2, 0.25) is 0 Å². The van der Waals surface area contributed by atoms with E-state index in [-0.39, 0.29) is 24.8 Å². The lowest BCUT2D eigenvalue weighted by atomic mass is 9.88. The molecule has 3 heterocycles. The molecule has 0 bridgehead atoms. The number of amides is 1. The standard InChI is InChI=1S/C20H21N5O4/c1-13-17(18(26)24-10-8-20(11-24,12-29-2)19(27)28)22-23-25(13)16-7-3-6-15-14(16)5-4-9-21-15/h3-7,9H,8,10-12H2,1-2H3,(H,27,28). The van der Waals surface area contributed by atoms with Crippen LogP contribution in [0.5, 0.6) is 0 Å². The van der Waals surface area contributed by atoms with E-state index in [0.29, 0.717) is 18.7 Å². The number of pyridine rings is 1. The van der Waals surface area contributed by atoms with Crippen LogP contribution < -0.4 is 0 Å². The highest BCUT2D eigenvalue weighted by molar-refractivity contribution is 5.95. The van der Waals surface area contributed by atoms with Gasteiger partial charge in [-0.25, -0.2) is 4.68 Å². The van der Waals surface area contributed by atoms with Gasteiger partial charge in [-0.1, -0.05) is 11.3 Å². The molecular weight excluding hydrogens is 374 g/mol. The second-order valence-electron chi connectivity index (χ2n) is 7.28. The van der Waals surface area contributed by atoms with Crippen molar-refractivity contribution in [3.63, 3.8) is 0 Å². The molecule has 9 heteroatoms. The fraction of sp³-hybridized carbons (Fsp3) is 0.350. The summed E-state index contributed by atoms with van der Waals surface area (Å²) < 4.78 is 6.71. The fourth-order valence-electron chi connectivity index (χ4n) is 3.85. The number of likely N-dealkylation sites (tertiary alicyclic amines) is 1.